The Balaban J connectivity index is 1.40. The third-order valence-electron chi connectivity index (χ3n) is 4.23. The van der Waals surface area contributed by atoms with Gasteiger partial charge in [0.05, 0.1) is 25.4 Å². The Labute approximate surface area is 150 Å². The molecule has 0 saturated heterocycles. The highest BCUT2D eigenvalue weighted by atomic mass is 16.6. The first kappa shape index (κ1) is 16.3. The minimum atomic E-state index is -0.0844. The minimum Gasteiger partial charge on any atom is -0.497 e. The van der Waals surface area contributed by atoms with Crippen LogP contribution >= 0.6 is 0 Å². The zero-order valence-corrected chi connectivity index (χ0v) is 14.4. The number of anilines is 1. The molecule has 26 heavy (non-hydrogen) atoms. The number of carbonyl (C=O) groups is 1. The average molecular weight is 353 g/mol. The highest BCUT2D eigenvalue weighted by Crippen LogP contribution is 2.32. The molecule has 2 heterocycles. The number of ether oxygens (including phenoxy) is 3. The first-order chi connectivity index (χ1) is 12.7. The summed E-state index contributed by atoms with van der Waals surface area (Å²) in [6, 6.07) is 11.1. The Kier molecular flexibility index (Phi) is 4.35. The van der Waals surface area contributed by atoms with Crippen LogP contribution in [0.3, 0.4) is 0 Å². The molecule has 1 aromatic heterocycles. The van der Waals surface area contributed by atoms with Crippen LogP contribution in [0.15, 0.2) is 42.6 Å². The number of benzene rings is 2. The molecule has 0 aliphatic carbocycles. The number of methoxy groups -OCH3 is 1. The van der Waals surface area contributed by atoms with Gasteiger partial charge in [0.25, 0.3) is 0 Å². The van der Waals surface area contributed by atoms with Gasteiger partial charge in [-0.05, 0) is 30.3 Å². The van der Waals surface area contributed by atoms with Gasteiger partial charge in [-0.2, -0.15) is 5.10 Å². The van der Waals surface area contributed by atoms with Gasteiger partial charge in [0.15, 0.2) is 11.5 Å². The van der Waals surface area contributed by atoms with Gasteiger partial charge < -0.3 is 19.5 Å². The average Bonchev–Trinajstić information content (AvgIpc) is 3.08. The molecule has 0 fully saturated rings. The van der Waals surface area contributed by atoms with Crippen LogP contribution in [-0.2, 0) is 11.3 Å². The Morgan fingerprint density at radius 2 is 2.04 bits per heavy atom. The van der Waals surface area contributed by atoms with Crippen molar-refractivity contribution in [3.8, 4) is 17.2 Å². The van der Waals surface area contributed by atoms with Crippen molar-refractivity contribution in [2.75, 3.05) is 25.6 Å². The summed E-state index contributed by atoms with van der Waals surface area (Å²) >= 11 is 0. The van der Waals surface area contributed by atoms with Crippen LogP contribution in [0.1, 0.15) is 6.42 Å². The summed E-state index contributed by atoms with van der Waals surface area (Å²) in [4.78, 5) is 12.3. The number of fused-ring (bicyclic) bond motifs is 2. The van der Waals surface area contributed by atoms with Crippen LogP contribution in [-0.4, -0.2) is 36.0 Å². The number of aryl methyl sites for hydroxylation is 1. The van der Waals surface area contributed by atoms with E-state index in [4.69, 9.17) is 14.2 Å². The lowest BCUT2D eigenvalue weighted by Gasteiger charge is -2.19. The van der Waals surface area contributed by atoms with Crippen LogP contribution < -0.4 is 19.5 Å². The molecule has 1 amide bonds. The van der Waals surface area contributed by atoms with Gasteiger partial charge in [0.1, 0.15) is 19.0 Å². The van der Waals surface area contributed by atoms with Gasteiger partial charge in [-0.1, -0.05) is 0 Å². The van der Waals surface area contributed by atoms with E-state index in [1.165, 1.54) is 0 Å². The molecule has 7 heteroatoms. The molecular formula is C19H19N3O4. The van der Waals surface area contributed by atoms with Gasteiger partial charge in [-0.3, -0.25) is 9.48 Å². The molecule has 1 aliphatic rings. The maximum absolute atomic E-state index is 12.3. The molecule has 134 valence electrons. The van der Waals surface area contributed by atoms with Gasteiger partial charge in [0, 0.05) is 23.6 Å². The molecule has 0 bridgehead atoms. The molecule has 0 saturated carbocycles. The van der Waals surface area contributed by atoms with Crippen LogP contribution in [0.25, 0.3) is 10.9 Å². The number of hydrogen-bond donors (Lipinski definition) is 1. The molecule has 3 aromatic rings. The number of aromatic nitrogens is 2. The van der Waals surface area contributed by atoms with Gasteiger partial charge in [-0.25, -0.2) is 0 Å². The predicted molar refractivity (Wildman–Crippen MR) is 97.0 cm³/mol. The van der Waals surface area contributed by atoms with Crippen molar-refractivity contribution in [2.24, 2.45) is 0 Å². The second-order valence-corrected chi connectivity index (χ2v) is 5.95. The highest BCUT2D eigenvalue weighted by Gasteiger charge is 2.13. The SMILES string of the molecule is COc1ccc2c(cnn2CCC(=O)Nc2ccc3c(c2)OCCO3)c1. The van der Waals surface area contributed by atoms with E-state index in [0.717, 1.165) is 16.7 Å². The second-order valence-electron chi connectivity index (χ2n) is 5.95. The van der Waals surface area contributed by atoms with E-state index in [2.05, 4.69) is 10.4 Å². The highest BCUT2D eigenvalue weighted by molar-refractivity contribution is 5.91. The number of hydrogen-bond acceptors (Lipinski definition) is 5. The molecule has 2 aromatic carbocycles. The summed E-state index contributed by atoms with van der Waals surface area (Å²) in [6.07, 6.45) is 2.09. The summed E-state index contributed by atoms with van der Waals surface area (Å²) < 4.78 is 18.0. The minimum absolute atomic E-state index is 0.0844. The number of rotatable bonds is 5. The fourth-order valence-corrected chi connectivity index (χ4v) is 2.92. The topological polar surface area (TPSA) is 74.6 Å². The fraction of sp³-hybridized carbons (Fsp3) is 0.263. The van der Waals surface area contributed by atoms with Crippen LogP contribution in [0.4, 0.5) is 5.69 Å². The summed E-state index contributed by atoms with van der Waals surface area (Å²) in [6.45, 7) is 1.55. The van der Waals surface area contributed by atoms with E-state index >= 15 is 0 Å². The Bertz CT molecular complexity index is 951. The van der Waals surface area contributed by atoms with Crippen molar-refractivity contribution in [3.63, 3.8) is 0 Å². The van der Waals surface area contributed by atoms with Crippen LogP contribution in [0, 0.1) is 0 Å². The Morgan fingerprint density at radius 3 is 2.88 bits per heavy atom. The van der Waals surface area contributed by atoms with E-state index in [1.807, 2.05) is 22.9 Å². The van der Waals surface area contributed by atoms with E-state index in [9.17, 15) is 4.79 Å². The molecule has 4 rings (SSSR count). The van der Waals surface area contributed by atoms with E-state index in [0.29, 0.717) is 43.4 Å². The number of nitrogens with one attached hydrogen (secondary N) is 1. The molecule has 0 spiro atoms. The molecule has 0 atom stereocenters. The summed E-state index contributed by atoms with van der Waals surface area (Å²) in [5, 5.41) is 8.22. The molecule has 0 radical (unpaired) electrons. The number of amides is 1. The Morgan fingerprint density at radius 1 is 1.19 bits per heavy atom. The van der Waals surface area contributed by atoms with E-state index < -0.39 is 0 Å². The third-order valence-corrected chi connectivity index (χ3v) is 4.23. The first-order valence-electron chi connectivity index (χ1n) is 8.42. The molecular weight excluding hydrogens is 334 g/mol. The zero-order chi connectivity index (χ0) is 17.9. The monoisotopic (exact) mass is 353 g/mol. The lowest BCUT2D eigenvalue weighted by molar-refractivity contribution is -0.116. The smallest absolute Gasteiger partial charge is 0.226 e. The maximum Gasteiger partial charge on any atom is 0.226 e. The van der Waals surface area contributed by atoms with Crippen LogP contribution in [0.5, 0.6) is 17.2 Å². The van der Waals surface area contributed by atoms with Crippen molar-refractivity contribution in [1.82, 2.24) is 9.78 Å². The summed E-state index contributed by atoms with van der Waals surface area (Å²) in [5.41, 5.74) is 1.66. The van der Waals surface area contributed by atoms with Crippen molar-refractivity contribution >= 4 is 22.5 Å². The van der Waals surface area contributed by atoms with E-state index in [1.54, 1.807) is 31.5 Å². The van der Waals surface area contributed by atoms with Crippen molar-refractivity contribution in [3.05, 3.63) is 42.6 Å². The Hall–Kier alpha value is -3.22. The van der Waals surface area contributed by atoms with Gasteiger partial charge >= 0.3 is 0 Å². The van der Waals surface area contributed by atoms with Gasteiger partial charge in [-0.15, -0.1) is 0 Å². The van der Waals surface area contributed by atoms with Crippen LogP contribution in [0.2, 0.25) is 0 Å². The lowest BCUT2D eigenvalue weighted by atomic mass is 10.2. The van der Waals surface area contributed by atoms with Crippen molar-refractivity contribution < 1.29 is 19.0 Å². The summed E-state index contributed by atoms with van der Waals surface area (Å²) in [7, 11) is 1.63. The quantitative estimate of drug-likeness (QED) is 0.763. The fourth-order valence-electron chi connectivity index (χ4n) is 2.92. The molecule has 1 aliphatic heterocycles. The second kappa shape index (κ2) is 6.95. The number of carbonyl (C=O) groups excluding carboxylic acids is 1. The summed E-state index contributed by atoms with van der Waals surface area (Å²) in [5.74, 6) is 2.06. The number of nitrogens with zero attached hydrogens (tertiary/aromatic N) is 2. The van der Waals surface area contributed by atoms with Crippen molar-refractivity contribution in [1.29, 1.82) is 0 Å². The zero-order valence-electron chi connectivity index (χ0n) is 14.4. The molecule has 7 nitrogen and oxygen atoms in total. The normalized spacial score (nSPS) is 12.8. The maximum atomic E-state index is 12.3. The standard InChI is InChI=1S/C19H19N3O4/c1-24-15-3-4-16-13(10-15)12-20-22(16)7-6-19(23)21-14-2-5-17-18(11-14)26-9-8-25-17/h2-5,10-12H,6-9H2,1H3,(H,21,23). The largest absolute Gasteiger partial charge is 0.497 e. The third kappa shape index (κ3) is 3.28. The molecule has 1 N–H and O–H groups in total. The molecule has 0 unspecified atom stereocenters. The predicted octanol–water partition coefficient (Wildman–Crippen LogP) is 2.84. The van der Waals surface area contributed by atoms with Crippen molar-refractivity contribution in [2.45, 2.75) is 13.0 Å². The first-order valence-corrected chi connectivity index (χ1v) is 8.42. The lowest BCUT2D eigenvalue weighted by Crippen LogP contribution is -2.17. The van der Waals surface area contributed by atoms with E-state index in [-0.39, 0.29) is 5.91 Å². The van der Waals surface area contributed by atoms with Gasteiger partial charge in [0.2, 0.25) is 5.91 Å².